The van der Waals surface area contributed by atoms with E-state index in [1.807, 2.05) is 17.7 Å². The van der Waals surface area contributed by atoms with Gasteiger partial charge in [0.2, 0.25) is 0 Å². The zero-order valence-electron chi connectivity index (χ0n) is 8.09. The van der Waals surface area contributed by atoms with E-state index >= 15 is 0 Å². The average Bonchev–Trinajstić information content (AvgIpc) is 2.60. The predicted molar refractivity (Wildman–Crippen MR) is 52.0 cm³/mol. The standard InChI is InChI=1S/C8H13N2O3P/c1-2-10-6-8(9-7-10)4-3-5-13-14(11)12/h6-7H,2-5H2,1H3/p+1. The Balaban J connectivity index is 2.21. The maximum Gasteiger partial charge on any atom is 0.694 e. The number of hydrogen-bond donors (Lipinski definition) is 1. The van der Waals surface area contributed by atoms with Crippen LogP contribution in [0.15, 0.2) is 12.5 Å². The normalized spacial score (nSPS) is 11.7. The molecule has 14 heavy (non-hydrogen) atoms. The van der Waals surface area contributed by atoms with Crippen molar-refractivity contribution in [2.24, 2.45) is 0 Å². The van der Waals surface area contributed by atoms with Gasteiger partial charge in [-0.15, -0.1) is 9.42 Å². The molecule has 1 unspecified atom stereocenters. The second-order valence-electron chi connectivity index (χ2n) is 2.87. The van der Waals surface area contributed by atoms with Crippen LogP contribution in [0.4, 0.5) is 0 Å². The largest absolute Gasteiger partial charge is 0.694 e. The van der Waals surface area contributed by atoms with Crippen molar-refractivity contribution in [1.82, 2.24) is 9.55 Å². The van der Waals surface area contributed by atoms with Crippen molar-refractivity contribution in [2.45, 2.75) is 26.3 Å². The number of aromatic nitrogens is 2. The third-order valence-corrected chi connectivity index (χ3v) is 2.23. The average molecular weight is 217 g/mol. The molecule has 0 radical (unpaired) electrons. The van der Waals surface area contributed by atoms with Gasteiger partial charge in [-0.2, -0.15) is 0 Å². The van der Waals surface area contributed by atoms with Gasteiger partial charge in [0.1, 0.15) is 6.61 Å². The highest BCUT2D eigenvalue weighted by molar-refractivity contribution is 7.32. The van der Waals surface area contributed by atoms with Crippen LogP contribution in [0.25, 0.3) is 0 Å². The third-order valence-electron chi connectivity index (χ3n) is 1.83. The number of nitrogens with zero attached hydrogens (tertiary/aromatic N) is 2. The Morgan fingerprint density at radius 1 is 1.71 bits per heavy atom. The molecular weight excluding hydrogens is 203 g/mol. The highest BCUT2D eigenvalue weighted by Gasteiger charge is 2.10. The van der Waals surface area contributed by atoms with Crippen molar-refractivity contribution >= 4 is 8.25 Å². The first-order valence-electron chi connectivity index (χ1n) is 4.52. The molecule has 5 nitrogen and oxygen atoms in total. The van der Waals surface area contributed by atoms with E-state index in [1.165, 1.54) is 0 Å². The van der Waals surface area contributed by atoms with Crippen molar-refractivity contribution in [3.8, 4) is 0 Å². The summed E-state index contributed by atoms with van der Waals surface area (Å²) in [6, 6.07) is 0. The molecule has 0 aromatic carbocycles. The number of aryl methyl sites for hydroxylation is 2. The van der Waals surface area contributed by atoms with Gasteiger partial charge in [-0.05, 0) is 19.8 Å². The van der Waals surface area contributed by atoms with Crippen molar-refractivity contribution in [2.75, 3.05) is 6.61 Å². The molecule has 0 aliphatic rings. The summed E-state index contributed by atoms with van der Waals surface area (Å²) >= 11 is 0. The first kappa shape index (κ1) is 11.3. The lowest BCUT2D eigenvalue weighted by molar-refractivity contribution is 0.277. The van der Waals surface area contributed by atoms with E-state index in [1.54, 1.807) is 6.33 Å². The van der Waals surface area contributed by atoms with Gasteiger partial charge in [0.15, 0.2) is 0 Å². The molecule has 0 fully saturated rings. The lowest BCUT2D eigenvalue weighted by atomic mass is 10.3. The summed E-state index contributed by atoms with van der Waals surface area (Å²) in [7, 11) is -2.45. The Morgan fingerprint density at radius 2 is 2.50 bits per heavy atom. The van der Waals surface area contributed by atoms with Gasteiger partial charge >= 0.3 is 8.25 Å². The SMILES string of the molecule is CCn1cnc(CCCO[P+](=O)O)c1. The monoisotopic (exact) mass is 217 g/mol. The van der Waals surface area contributed by atoms with Crippen LogP contribution in [0.1, 0.15) is 19.0 Å². The molecule has 1 aromatic heterocycles. The summed E-state index contributed by atoms with van der Waals surface area (Å²) in [5.41, 5.74) is 0.989. The molecule has 0 spiro atoms. The van der Waals surface area contributed by atoms with E-state index in [0.717, 1.165) is 18.7 Å². The summed E-state index contributed by atoms with van der Waals surface area (Å²) < 4.78 is 16.7. The van der Waals surface area contributed by atoms with Crippen LogP contribution in [-0.2, 0) is 22.1 Å². The molecule has 0 saturated heterocycles. The van der Waals surface area contributed by atoms with Gasteiger partial charge in [0.05, 0.1) is 12.0 Å². The van der Waals surface area contributed by atoms with E-state index in [0.29, 0.717) is 13.0 Å². The van der Waals surface area contributed by atoms with Gasteiger partial charge in [-0.1, -0.05) is 0 Å². The molecule has 0 aliphatic heterocycles. The maximum absolute atomic E-state index is 10.2. The molecule has 6 heteroatoms. The first-order chi connectivity index (χ1) is 6.72. The summed E-state index contributed by atoms with van der Waals surface area (Å²) in [5, 5.41) is 0. The van der Waals surface area contributed by atoms with Crippen LogP contribution in [0.5, 0.6) is 0 Å². The fraction of sp³-hybridized carbons (Fsp3) is 0.625. The Labute approximate surface area is 83.7 Å². The van der Waals surface area contributed by atoms with Crippen molar-refractivity contribution in [3.63, 3.8) is 0 Å². The summed E-state index contributed by atoms with van der Waals surface area (Å²) in [5.74, 6) is 0. The van der Waals surface area contributed by atoms with Gasteiger partial charge in [-0.3, -0.25) is 0 Å². The minimum Gasteiger partial charge on any atom is -0.337 e. The highest BCUT2D eigenvalue weighted by atomic mass is 31.1. The Hall–Kier alpha value is -0.770. The van der Waals surface area contributed by atoms with Gasteiger partial charge < -0.3 is 4.57 Å². The van der Waals surface area contributed by atoms with E-state index in [-0.39, 0.29) is 0 Å². The molecule has 78 valence electrons. The van der Waals surface area contributed by atoms with E-state index < -0.39 is 8.25 Å². The highest BCUT2D eigenvalue weighted by Crippen LogP contribution is 2.14. The smallest absolute Gasteiger partial charge is 0.337 e. The van der Waals surface area contributed by atoms with Crippen molar-refractivity contribution in [1.29, 1.82) is 0 Å². The molecule has 1 rings (SSSR count). The number of imidazole rings is 1. The van der Waals surface area contributed by atoms with E-state index in [2.05, 4.69) is 9.51 Å². The van der Waals surface area contributed by atoms with Gasteiger partial charge in [0.25, 0.3) is 0 Å². The fourth-order valence-corrected chi connectivity index (χ4v) is 1.39. The molecule has 0 bridgehead atoms. The molecule has 1 aromatic rings. The van der Waals surface area contributed by atoms with E-state index in [9.17, 15) is 4.57 Å². The summed E-state index contributed by atoms with van der Waals surface area (Å²) in [6.45, 7) is 3.25. The zero-order valence-corrected chi connectivity index (χ0v) is 8.98. The van der Waals surface area contributed by atoms with Gasteiger partial charge in [-0.25, -0.2) is 4.98 Å². The Bertz CT molecular complexity index is 301. The Morgan fingerprint density at radius 3 is 3.07 bits per heavy atom. The van der Waals surface area contributed by atoms with Crippen LogP contribution in [0.2, 0.25) is 0 Å². The molecule has 1 heterocycles. The van der Waals surface area contributed by atoms with Crippen LogP contribution in [0.3, 0.4) is 0 Å². The van der Waals surface area contributed by atoms with E-state index in [4.69, 9.17) is 4.89 Å². The van der Waals surface area contributed by atoms with Crippen LogP contribution in [-0.4, -0.2) is 21.1 Å². The quantitative estimate of drug-likeness (QED) is 0.579. The minimum absolute atomic E-state index is 0.296. The van der Waals surface area contributed by atoms with Crippen LogP contribution < -0.4 is 0 Å². The first-order valence-corrected chi connectivity index (χ1v) is 5.65. The molecule has 0 saturated carbocycles. The summed E-state index contributed by atoms with van der Waals surface area (Å²) in [6.07, 6.45) is 5.24. The van der Waals surface area contributed by atoms with Crippen molar-refractivity contribution < 1.29 is 14.0 Å². The van der Waals surface area contributed by atoms with Gasteiger partial charge in [0, 0.05) is 17.3 Å². The fourth-order valence-electron chi connectivity index (χ4n) is 1.10. The lowest BCUT2D eigenvalue weighted by Crippen LogP contribution is -1.92. The predicted octanol–water partition coefficient (Wildman–Crippen LogP) is 1.50. The maximum atomic E-state index is 10.2. The summed E-state index contributed by atoms with van der Waals surface area (Å²) in [4.78, 5) is 12.5. The number of rotatable bonds is 6. The third kappa shape index (κ3) is 3.96. The zero-order chi connectivity index (χ0) is 10.4. The molecule has 0 aliphatic carbocycles. The Kier molecular flexibility index (Phi) is 4.73. The lowest BCUT2D eigenvalue weighted by Gasteiger charge is -1.92. The molecule has 1 N–H and O–H groups in total. The van der Waals surface area contributed by atoms with Crippen molar-refractivity contribution in [3.05, 3.63) is 18.2 Å². The van der Waals surface area contributed by atoms with Crippen LogP contribution >= 0.6 is 8.25 Å². The topological polar surface area (TPSA) is 64.4 Å². The minimum atomic E-state index is -2.45. The molecule has 0 amide bonds. The van der Waals surface area contributed by atoms with Crippen LogP contribution in [0, 0.1) is 0 Å². The molecule has 1 atom stereocenters. The number of hydrogen-bond acceptors (Lipinski definition) is 3. The second kappa shape index (κ2) is 5.86. The molecular formula is C8H14N2O3P+. The second-order valence-corrected chi connectivity index (χ2v) is 3.60.